The van der Waals surface area contributed by atoms with Crippen LogP contribution >= 0.6 is 0 Å². The zero-order chi connectivity index (χ0) is 18.4. The lowest BCUT2D eigenvalue weighted by atomic mass is 9.49. The maximum atomic E-state index is 12.9. The number of pyridine rings is 1. The topological polar surface area (TPSA) is 51.2 Å². The first-order valence-corrected chi connectivity index (χ1v) is 9.25. The van der Waals surface area contributed by atoms with E-state index < -0.39 is 12.8 Å². The molecule has 0 radical (unpaired) electrons. The maximum absolute atomic E-state index is 12.9. The van der Waals surface area contributed by atoms with Crippen LogP contribution in [0.25, 0.3) is 0 Å². The lowest BCUT2D eigenvalue weighted by molar-refractivity contribution is -0.154. The SMILES string of the molecule is O=C(NCc1cccnc1OCC(F)(F)F)C12CC3CC(CC(C3)C1)C2. The molecular formula is C19H23F3N2O2. The van der Waals surface area contributed by atoms with Gasteiger partial charge in [0.1, 0.15) is 0 Å². The van der Waals surface area contributed by atoms with E-state index in [1.165, 1.54) is 25.5 Å². The molecule has 1 heterocycles. The van der Waals surface area contributed by atoms with E-state index in [1.807, 2.05) is 0 Å². The van der Waals surface area contributed by atoms with Crippen molar-refractivity contribution in [1.29, 1.82) is 0 Å². The number of carbonyl (C=O) groups excluding carboxylic acids is 1. The number of alkyl halides is 3. The number of rotatable bonds is 5. The molecule has 5 rings (SSSR count). The third kappa shape index (κ3) is 3.53. The predicted molar refractivity (Wildman–Crippen MR) is 88.2 cm³/mol. The molecule has 0 saturated heterocycles. The van der Waals surface area contributed by atoms with Gasteiger partial charge in [-0.05, 0) is 62.3 Å². The Kier molecular flexibility index (Phi) is 4.35. The van der Waals surface area contributed by atoms with Crippen molar-refractivity contribution < 1.29 is 22.7 Å². The van der Waals surface area contributed by atoms with Gasteiger partial charge in [-0.25, -0.2) is 4.98 Å². The van der Waals surface area contributed by atoms with Crippen LogP contribution in [0.3, 0.4) is 0 Å². The maximum Gasteiger partial charge on any atom is 0.422 e. The van der Waals surface area contributed by atoms with Gasteiger partial charge in [-0.15, -0.1) is 0 Å². The molecule has 0 unspecified atom stereocenters. The molecule has 1 amide bonds. The number of ether oxygens (including phenoxy) is 1. The van der Waals surface area contributed by atoms with Crippen molar-refractivity contribution in [3.63, 3.8) is 0 Å². The average Bonchev–Trinajstić information content (AvgIpc) is 2.56. The summed E-state index contributed by atoms with van der Waals surface area (Å²) < 4.78 is 42.0. The summed E-state index contributed by atoms with van der Waals surface area (Å²) in [7, 11) is 0. The molecule has 0 aromatic carbocycles. The third-order valence-corrected chi connectivity index (χ3v) is 6.18. The van der Waals surface area contributed by atoms with E-state index in [0.717, 1.165) is 19.3 Å². The molecule has 1 aromatic heterocycles. The first-order valence-electron chi connectivity index (χ1n) is 9.25. The lowest BCUT2D eigenvalue weighted by Gasteiger charge is -2.55. The molecule has 4 fully saturated rings. The van der Waals surface area contributed by atoms with Gasteiger partial charge in [0.05, 0.1) is 0 Å². The summed E-state index contributed by atoms with van der Waals surface area (Å²) in [6, 6.07) is 3.27. The molecule has 4 saturated carbocycles. The van der Waals surface area contributed by atoms with Gasteiger partial charge in [0.15, 0.2) is 6.61 Å². The fourth-order valence-electron chi connectivity index (χ4n) is 5.59. The Labute approximate surface area is 150 Å². The van der Waals surface area contributed by atoms with E-state index in [4.69, 9.17) is 4.74 Å². The van der Waals surface area contributed by atoms with Crippen LogP contribution < -0.4 is 10.1 Å². The average molecular weight is 368 g/mol. The Morgan fingerprint density at radius 2 is 1.81 bits per heavy atom. The molecule has 4 bridgehead atoms. The van der Waals surface area contributed by atoms with E-state index >= 15 is 0 Å². The molecule has 0 spiro atoms. The Balaban J connectivity index is 1.41. The second kappa shape index (κ2) is 6.43. The summed E-state index contributed by atoms with van der Waals surface area (Å²) in [5, 5.41) is 2.95. The number of nitrogens with zero attached hydrogens (tertiary/aromatic N) is 1. The molecule has 0 aliphatic heterocycles. The molecule has 4 nitrogen and oxygen atoms in total. The highest BCUT2D eigenvalue weighted by molar-refractivity contribution is 5.83. The van der Waals surface area contributed by atoms with Gasteiger partial charge < -0.3 is 10.1 Å². The summed E-state index contributed by atoms with van der Waals surface area (Å²) in [5.74, 6) is 1.96. The van der Waals surface area contributed by atoms with E-state index in [-0.39, 0.29) is 23.7 Å². The quantitative estimate of drug-likeness (QED) is 0.859. The number of carbonyl (C=O) groups is 1. The summed E-state index contributed by atoms with van der Waals surface area (Å²) in [6.07, 6.45) is 3.59. The minimum absolute atomic E-state index is 0.0437. The van der Waals surface area contributed by atoms with Gasteiger partial charge in [-0.1, -0.05) is 6.07 Å². The number of hydrogen-bond acceptors (Lipinski definition) is 3. The highest BCUT2D eigenvalue weighted by atomic mass is 19.4. The van der Waals surface area contributed by atoms with E-state index in [0.29, 0.717) is 23.3 Å². The van der Waals surface area contributed by atoms with Gasteiger partial charge >= 0.3 is 6.18 Å². The highest BCUT2D eigenvalue weighted by Crippen LogP contribution is 2.60. The minimum Gasteiger partial charge on any atom is -0.468 e. The zero-order valence-corrected chi connectivity index (χ0v) is 14.5. The van der Waals surface area contributed by atoms with Gasteiger partial charge in [-0.2, -0.15) is 13.2 Å². The van der Waals surface area contributed by atoms with Gasteiger partial charge in [0, 0.05) is 23.7 Å². The highest BCUT2D eigenvalue weighted by Gasteiger charge is 2.54. The normalized spacial score (nSPS) is 32.5. The Bertz CT molecular complexity index is 654. The van der Waals surface area contributed by atoms with E-state index in [2.05, 4.69) is 10.3 Å². The first-order chi connectivity index (χ1) is 12.3. The molecule has 1 aromatic rings. The largest absolute Gasteiger partial charge is 0.468 e. The van der Waals surface area contributed by atoms with Crippen molar-refractivity contribution in [2.24, 2.45) is 23.2 Å². The fourth-order valence-corrected chi connectivity index (χ4v) is 5.59. The molecular weight excluding hydrogens is 345 g/mol. The van der Waals surface area contributed by atoms with Gasteiger partial charge in [0.2, 0.25) is 11.8 Å². The van der Waals surface area contributed by atoms with Crippen molar-refractivity contribution in [2.45, 2.75) is 51.2 Å². The number of halogens is 3. The van der Waals surface area contributed by atoms with E-state index in [1.54, 1.807) is 12.1 Å². The molecule has 1 N–H and O–H groups in total. The molecule has 4 aliphatic rings. The van der Waals surface area contributed by atoms with Crippen molar-refractivity contribution in [2.75, 3.05) is 6.61 Å². The molecule has 7 heteroatoms. The van der Waals surface area contributed by atoms with Crippen LogP contribution in [0.15, 0.2) is 18.3 Å². The predicted octanol–water partition coefficient (Wildman–Crippen LogP) is 3.86. The third-order valence-electron chi connectivity index (χ3n) is 6.18. The zero-order valence-electron chi connectivity index (χ0n) is 14.5. The van der Waals surface area contributed by atoms with Crippen LogP contribution in [0.5, 0.6) is 5.88 Å². The molecule has 26 heavy (non-hydrogen) atoms. The summed E-state index contributed by atoms with van der Waals surface area (Å²) in [4.78, 5) is 16.8. The number of nitrogens with one attached hydrogen (secondary N) is 1. The van der Waals surface area contributed by atoms with Gasteiger partial charge in [-0.3, -0.25) is 4.79 Å². The number of hydrogen-bond donors (Lipinski definition) is 1. The Hall–Kier alpha value is -1.79. The van der Waals surface area contributed by atoms with Crippen LogP contribution in [0.4, 0.5) is 13.2 Å². The molecule has 0 atom stereocenters. The van der Waals surface area contributed by atoms with Crippen molar-refractivity contribution in [3.05, 3.63) is 23.9 Å². The van der Waals surface area contributed by atoms with Crippen LogP contribution in [0.2, 0.25) is 0 Å². The van der Waals surface area contributed by atoms with Crippen molar-refractivity contribution in [3.8, 4) is 5.88 Å². The standard InChI is InChI=1S/C19H23F3N2O2/c20-19(21,22)11-26-16-15(2-1-3-23-16)10-24-17(25)18-7-12-4-13(8-18)6-14(5-12)9-18/h1-3,12-14H,4-11H2,(H,24,25). The smallest absolute Gasteiger partial charge is 0.422 e. The minimum atomic E-state index is -4.42. The number of amides is 1. The summed E-state index contributed by atoms with van der Waals surface area (Å²) >= 11 is 0. The van der Waals surface area contributed by atoms with Gasteiger partial charge in [0.25, 0.3) is 0 Å². The van der Waals surface area contributed by atoms with Crippen LogP contribution in [0, 0.1) is 23.2 Å². The Morgan fingerprint density at radius 3 is 2.38 bits per heavy atom. The molecule has 4 aliphatic carbocycles. The first kappa shape index (κ1) is 17.6. The van der Waals surface area contributed by atoms with Crippen molar-refractivity contribution >= 4 is 5.91 Å². The monoisotopic (exact) mass is 368 g/mol. The second-order valence-electron chi connectivity index (χ2n) is 8.25. The van der Waals surface area contributed by atoms with Crippen molar-refractivity contribution in [1.82, 2.24) is 10.3 Å². The van der Waals surface area contributed by atoms with Crippen LogP contribution in [-0.2, 0) is 11.3 Å². The number of aromatic nitrogens is 1. The van der Waals surface area contributed by atoms with Crippen LogP contribution in [0.1, 0.15) is 44.1 Å². The Morgan fingerprint density at radius 1 is 1.19 bits per heavy atom. The van der Waals surface area contributed by atoms with E-state index in [9.17, 15) is 18.0 Å². The fraction of sp³-hybridized carbons (Fsp3) is 0.684. The lowest BCUT2D eigenvalue weighted by Crippen LogP contribution is -2.53. The molecule has 142 valence electrons. The second-order valence-corrected chi connectivity index (χ2v) is 8.25. The summed E-state index contributed by atoms with van der Waals surface area (Å²) in [5.41, 5.74) is 0.194. The van der Waals surface area contributed by atoms with Crippen LogP contribution in [-0.4, -0.2) is 23.7 Å². The summed E-state index contributed by atoms with van der Waals surface area (Å²) in [6.45, 7) is -1.25.